The van der Waals surface area contributed by atoms with Crippen molar-refractivity contribution >= 4 is 39.1 Å². The van der Waals surface area contributed by atoms with E-state index in [1.807, 2.05) is 0 Å². The van der Waals surface area contributed by atoms with Crippen LogP contribution in [0.5, 0.6) is 5.75 Å². The largest absolute Gasteiger partial charge is 0.484 e. The van der Waals surface area contributed by atoms with Crippen molar-refractivity contribution in [2.45, 2.75) is 6.92 Å². The molecule has 0 fully saturated rings. The summed E-state index contributed by atoms with van der Waals surface area (Å²) < 4.78 is 19.5. The number of nitrogens with one attached hydrogen (secondary N) is 2. The Morgan fingerprint density at radius 3 is 2.65 bits per heavy atom. The number of ether oxygens (including phenoxy) is 1. The molecule has 0 radical (unpaired) electrons. The van der Waals surface area contributed by atoms with E-state index in [1.165, 1.54) is 19.1 Å². The van der Waals surface area contributed by atoms with E-state index in [-0.39, 0.29) is 18.2 Å². The number of halogens is 2. The number of rotatable bonds is 5. The molecule has 2 N–H and O–H groups in total. The molecule has 0 bridgehead atoms. The smallest absolute Gasteiger partial charge is 0.262 e. The van der Waals surface area contributed by atoms with Crippen LogP contribution in [0, 0.1) is 5.82 Å². The van der Waals surface area contributed by atoms with Crippen molar-refractivity contribution in [2.75, 3.05) is 17.2 Å². The third-order valence-corrected chi connectivity index (χ3v) is 3.22. The van der Waals surface area contributed by atoms with E-state index in [9.17, 15) is 14.0 Å². The van der Waals surface area contributed by atoms with Crippen LogP contribution < -0.4 is 15.4 Å². The van der Waals surface area contributed by atoms with Crippen LogP contribution in [-0.4, -0.2) is 18.4 Å². The van der Waals surface area contributed by atoms with Gasteiger partial charge in [0, 0.05) is 23.2 Å². The maximum atomic E-state index is 13.6. The maximum absolute atomic E-state index is 13.6. The molecule has 120 valence electrons. The van der Waals surface area contributed by atoms with Crippen molar-refractivity contribution in [3.8, 4) is 5.75 Å². The standard InChI is InChI=1S/C16H14BrFN2O3/c1-10(21)19-12-3-2-4-13(8-12)23-9-16(22)20-15-6-5-11(17)7-14(15)18/h2-8H,9H2,1H3,(H,19,21)(H,20,22). The van der Waals surface area contributed by atoms with Gasteiger partial charge in [-0.15, -0.1) is 0 Å². The van der Waals surface area contributed by atoms with Crippen molar-refractivity contribution in [1.29, 1.82) is 0 Å². The Balaban J connectivity index is 1.92. The van der Waals surface area contributed by atoms with Gasteiger partial charge in [0.15, 0.2) is 6.61 Å². The Kier molecular flexibility index (Phi) is 5.70. The van der Waals surface area contributed by atoms with Crippen LogP contribution in [0.15, 0.2) is 46.9 Å². The highest BCUT2D eigenvalue weighted by molar-refractivity contribution is 9.10. The maximum Gasteiger partial charge on any atom is 0.262 e. The third kappa shape index (κ3) is 5.37. The second-order valence-electron chi connectivity index (χ2n) is 4.67. The summed E-state index contributed by atoms with van der Waals surface area (Å²) in [6.45, 7) is 1.12. The lowest BCUT2D eigenvalue weighted by atomic mass is 10.3. The summed E-state index contributed by atoms with van der Waals surface area (Å²) in [4.78, 5) is 22.8. The van der Waals surface area contributed by atoms with Crippen LogP contribution >= 0.6 is 15.9 Å². The van der Waals surface area contributed by atoms with Gasteiger partial charge in [-0.05, 0) is 30.3 Å². The summed E-state index contributed by atoms with van der Waals surface area (Å²) >= 11 is 3.14. The van der Waals surface area contributed by atoms with E-state index in [4.69, 9.17) is 4.74 Å². The zero-order chi connectivity index (χ0) is 16.8. The molecule has 2 aromatic carbocycles. The molecule has 2 rings (SSSR count). The number of benzene rings is 2. The van der Waals surface area contributed by atoms with Gasteiger partial charge in [-0.25, -0.2) is 4.39 Å². The van der Waals surface area contributed by atoms with Crippen molar-refractivity contribution in [1.82, 2.24) is 0 Å². The van der Waals surface area contributed by atoms with Gasteiger partial charge in [0.25, 0.3) is 5.91 Å². The molecule has 0 heterocycles. The molecule has 0 unspecified atom stereocenters. The van der Waals surface area contributed by atoms with Crippen molar-refractivity contribution in [3.05, 3.63) is 52.8 Å². The summed E-state index contributed by atoms with van der Waals surface area (Å²) in [5.74, 6) is -0.815. The van der Waals surface area contributed by atoms with Gasteiger partial charge < -0.3 is 15.4 Å². The van der Waals surface area contributed by atoms with Crippen LogP contribution in [0.4, 0.5) is 15.8 Å². The molecule has 0 saturated heterocycles. The molecule has 23 heavy (non-hydrogen) atoms. The lowest BCUT2D eigenvalue weighted by Crippen LogP contribution is -2.20. The second kappa shape index (κ2) is 7.73. The Hall–Kier alpha value is -2.41. The summed E-state index contributed by atoms with van der Waals surface area (Å²) in [7, 11) is 0. The zero-order valence-electron chi connectivity index (χ0n) is 12.2. The highest BCUT2D eigenvalue weighted by Gasteiger charge is 2.08. The van der Waals surface area contributed by atoms with Crippen molar-refractivity contribution in [2.24, 2.45) is 0 Å². The Morgan fingerprint density at radius 1 is 1.17 bits per heavy atom. The highest BCUT2D eigenvalue weighted by Crippen LogP contribution is 2.20. The first-order chi connectivity index (χ1) is 10.9. The van der Waals surface area contributed by atoms with Crippen molar-refractivity contribution < 1.29 is 18.7 Å². The minimum atomic E-state index is -0.541. The Labute approximate surface area is 141 Å². The SMILES string of the molecule is CC(=O)Nc1cccc(OCC(=O)Nc2ccc(Br)cc2F)c1. The predicted molar refractivity (Wildman–Crippen MR) is 89.0 cm³/mol. The first-order valence-corrected chi connectivity index (χ1v) is 7.48. The number of carbonyl (C=O) groups excluding carboxylic acids is 2. The summed E-state index contributed by atoms with van der Waals surface area (Å²) in [5, 5.41) is 5.04. The molecule has 0 aromatic heterocycles. The van der Waals surface area contributed by atoms with Crippen LogP contribution in [0.25, 0.3) is 0 Å². The van der Waals surface area contributed by atoms with Gasteiger partial charge in [-0.1, -0.05) is 22.0 Å². The van der Waals surface area contributed by atoms with E-state index in [0.29, 0.717) is 15.9 Å². The van der Waals surface area contributed by atoms with Gasteiger partial charge in [-0.3, -0.25) is 9.59 Å². The van der Waals surface area contributed by atoms with Gasteiger partial charge in [0.1, 0.15) is 11.6 Å². The molecule has 0 aliphatic heterocycles. The number of hydrogen-bond acceptors (Lipinski definition) is 3. The summed E-state index contributed by atoms with van der Waals surface area (Å²) in [5.41, 5.74) is 0.642. The first-order valence-electron chi connectivity index (χ1n) is 6.69. The fourth-order valence-electron chi connectivity index (χ4n) is 1.79. The topological polar surface area (TPSA) is 67.4 Å². The van der Waals surface area contributed by atoms with Gasteiger partial charge in [-0.2, -0.15) is 0 Å². The lowest BCUT2D eigenvalue weighted by molar-refractivity contribution is -0.118. The lowest BCUT2D eigenvalue weighted by Gasteiger charge is -2.09. The quantitative estimate of drug-likeness (QED) is 0.832. The molecule has 0 spiro atoms. The molecule has 0 saturated carbocycles. The monoisotopic (exact) mass is 380 g/mol. The second-order valence-corrected chi connectivity index (χ2v) is 5.59. The first kappa shape index (κ1) is 17.0. The number of anilines is 2. The highest BCUT2D eigenvalue weighted by atomic mass is 79.9. The van der Waals surface area contributed by atoms with Gasteiger partial charge in [0.05, 0.1) is 5.69 Å². The summed E-state index contributed by atoms with van der Waals surface area (Å²) in [6, 6.07) is 11.0. The molecule has 0 atom stereocenters. The van der Waals surface area contributed by atoms with Crippen LogP contribution in [0.2, 0.25) is 0 Å². The summed E-state index contributed by atoms with van der Waals surface area (Å²) in [6.07, 6.45) is 0. The molecule has 5 nitrogen and oxygen atoms in total. The molecule has 2 amide bonds. The fraction of sp³-hybridized carbons (Fsp3) is 0.125. The predicted octanol–water partition coefficient (Wildman–Crippen LogP) is 3.56. The zero-order valence-corrected chi connectivity index (χ0v) is 13.8. The minimum absolute atomic E-state index is 0.0776. The Morgan fingerprint density at radius 2 is 1.96 bits per heavy atom. The molecular weight excluding hydrogens is 367 g/mol. The number of carbonyl (C=O) groups is 2. The molecule has 2 aromatic rings. The molecule has 7 heteroatoms. The van der Waals surface area contributed by atoms with E-state index in [2.05, 4.69) is 26.6 Å². The van der Waals surface area contributed by atoms with E-state index >= 15 is 0 Å². The van der Waals surface area contributed by atoms with Crippen LogP contribution in [0.3, 0.4) is 0 Å². The average Bonchev–Trinajstić information content (AvgIpc) is 2.48. The van der Waals surface area contributed by atoms with Crippen molar-refractivity contribution in [3.63, 3.8) is 0 Å². The van der Waals surface area contributed by atoms with Gasteiger partial charge >= 0.3 is 0 Å². The van der Waals surface area contributed by atoms with E-state index in [1.54, 1.807) is 30.3 Å². The fourth-order valence-corrected chi connectivity index (χ4v) is 2.13. The van der Waals surface area contributed by atoms with Crippen LogP contribution in [0.1, 0.15) is 6.92 Å². The number of hydrogen-bond donors (Lipinski definition) is 2. The van der Waals surface area contributed by atoms with E-state index < -0.39 is 11.7 Å². The Bertz CT molecular complexity index is 737. The van der Waals surface area contributed by atoms with Gasteiger partial charge in [0.2, 0.25) is 5.91 Å². The number of amides is 2. The minimum Gasteiger partial charge on any atom is -0.484 e. The van der Waals surface area contributed by atoms with E-state index in [0.717, 1.165) is 0 Å². The normalized spacial score (nSPS) is 10.0. The average molecular weight is 381 g/mol. The molecule has 0 aliphatic rings. The van der Waals surface area contributed by atoms with Crippen LogP contribution in [-0.2, 0) is 9.59 Å². The molecule has 0 aliphatic carbocycles. The molecular formula is C16H14BrFN2O3. The third-order valence-electron chi connectivity index (χ3n) is 2.73.